The lowest BCUT2D eigenvalue weighted by molar-refractivity contribution is -0.138. The fourth-order valence-corrected chi connectivity index (χ4v) is 5.92. The number of aliphatic carboxylic acids is 1. The van der Waals surface area contributed by atoms with Gasteiger partial charge in [-0.1, -0.05) is 18.2 Å². The predicted molar refractivity (Wildman–Crippen MR) is 155 cm³/mol. The molecule has 1 saturated heterocycles. The van der Waals surface area contributed by atoms with Crippen LogP contribution in [-0.2, 0) is 22.4 Å². The summed E-state index contributed by atoms with van der Waals surface area (Å²) in [5.74, 6) is -0.943. The van der Waals surface area contributed by atoms with Crippen molar-refractivity contribution in [3.8, 4) is 5.69 Å². The molecule has 1 aromatic carbocycles. The van der Waals surface area contributed by atoms with E-state index in [1.165, 1.54) is 5.56 Å². The molecule has 0 spiro atoms. The average molecular weight is 545 g/mol. The Bertz CT molecular complexity index is 1350. The largest absolute Gasteiger partial charge is 0.481 e. The molecular formula is C31H40N6O3. The number of likely N-dealkylation sites (tertiary alicyclic amines) is 1. The summed E-state index contributed by atoms with van der Waals surface area (Å²) in [5, 5.41) is 20.8. The lowest BCUT2D eigenvalue weighted by Crippen LogP contribution is -2.44. The highest BCUT2D eigenvalue weighted by atomic mass is 16.4. The number of carboxylic acid groups (broad SMARTS) is 1. The number of carbonyl (C=O) groups is 2. The zero-order chi connectivity index (χ0) is 28.1. The van der Waals surface area contributed by atoms with E-state index in [2.05, 4.69) is 32.8 Å². The molecule has 4 heterocycles. The normalized spacial score (nSPS) is 18.0. The maximum absolute atomic E-state index is 13.1. The van der Waals surface area contributed by atoms with Crippen molar-refractivity contribution in [1.82, 2.24) is 25.0 Å². The number of aryl methyl sites for hydroxylation is 4. The lowest BCUT2D eigenvalue weighted by Gasteiger charge is -2.32. The van der Waals surface area contributed by atoms with Gasteiger partial charge in [0, 0.05) is 31.0 Å². The smallest absolute Gasteiger partial charge is 0.312 e. The van der Waals surface area contributed by atoms with Crippen molar-refractivity contribution < 1.29 is 14.7 Å². The number of hydrogen-bond acceptors (Lipinski definition) is 6. The molecule has 1 fully saturated rings. The summed E-state index contributed by atoms with van der Waals surface area (Å²) in [4.78, 5) is 32.4. The van der Waals surface area contributed by atoms with Crippen LogP contribution in [0.2, 0.25) is 0 Å². The Morgan fingerprint density at radius 1 is 1.18 bits per heavy atom. The second-order valence-electron chi connectivity index (χ2n) is 11.2. The zero-order valence-electron chi connectivity index (χ0n) is 23.5. The van der Waals surface area contributed by atoms with Crippen molar-refractivity contribution in [3.63, 3.8) is 0 Å². The highest BCUT2D eigenvalue weighted by Crippen LogP contribution is 2.23. The van der Waals surface area contributed by atoms with E-state index in [1.54, 1.807) is 6.07 Å². The highest BCUT2D eigenvalue weighted by molar-refractivity contribution is 5.81. The zero-order valence-corrected chi connectivity index (χ0v) is 23.5. The van der Waals surface area contributed by atoms with E-state index in [0.717, 1.165) is 86.7 Å². The predicted octanol–water partition coefficient (Wildman–Crippen LogP) is 3.87. The molecule has 3 N–H and O–H groups in total. The summed E-state index contributed by atoms with van der Waals surface area (Å²) in [5.41, 5.74) is 5.76. The molecule has 2 atom stereocenters. The maximum atomic E-state index is 13.1. The van der Waals surface area contributed by atoms with Gasteiger partial charge in [-0.05, 0) is 101 Å². The first-order valence-corrected chi connectivity index (χ1v) is 14.5. The molecule has 0 bridgehead atoms. The van der Waals surface area contributed by atoms with Crippen molar-refractivity contribution in [2.45, 2.75) is 58.3 Å². The number of nitrogens with zero attached hydrogens (tertiary/aromatic N) is 4. The van der Waals surface area contributed by atoms with Crippen LogP contribution in [0.25, 0.3) is 5.69 Å². The number of carbonyl (C=O) groups excluding carboxylic acids is 1. The van der Waals surface area contributed by atoms with Gasteiger partial charge in [-0.15, -0.1) is 0 Å². The number of nitrogens with one attached hydrogen (secondary N) is 2. The second-order valence-corrected chi connectivity index (χ2v) is 11.2. The maximum Gasteiger partial charge on any atom is 0.312 e. The topological polar surface area (TPSA) is 112 Å². The molecular weight excluding hydrogens is 504 g/mol. The Morgan fingerprint density at radius 3 is 2.85 bits per heavy atom. The van der Waals surface area contributed by atoms with Gasteiger partial charge in [-0.3, -0.25) is 9.59 Å². The SMILES string of the molecule is Cc1cc(C)n(-c2cccc([C@@H](CNC(=O)[C@@H]3CCCN(CCCc4ccc5c(n4)NCCC5)C3)C(=O)O)c2)n1. The Balaban J connectivity index is 1.13. The average Bonchev–Trinajstić information content (AvgIpc) is 3.30. The van der Waals surface area contributed by atoms with Gasteiger partial charge in [-0.2, -0.15) is 5.10 Å². The number of anilines is 1. The number of fused-ring (bicyclic) bond motifs is 1. The van der Waals surface area contributed by atoms with Crippen LogP contribution in [0.15, 0.2) is 42.5 Å². The number of benzene rings is 1. The van der Waals surface area contributed by atoms with Crippen molar-refractivity contribution in [3.05, 3.63) is 70.7 Å². The number of rotatable bonds is 10. The van der Waals surface area contributed by atoms with Gasteiger partial charge in [0.2, 0.25) is 5.91 Å². The molecule has 0 radical (unpaired) electrons. The molecule has 2 aromatic heterocycles. The Labute approximate surface area is 236 Å². The van der Waals surface area contributed by atoms with Crippen molar-refractivity contribution in [2.24, 2.45) is 5.92 Å². The van der Waals surface area contributed by atoms with Crippen LogP contribution in [0.3, 0.4) is 0 Å². The quantitative estimate of drug-likeness (QED) is 0.355. The van der Waals surface area contributed by atoms with Crippen molar-refractivity contribution in [1.29, 1.82) is 0 Å². The summed E-state index contributed by atoms with van der Waals surface area (Å²) < 4.78 is 1.81. The van der Waals surface area contributed by atoms with Crippen LogP contribution in [0.1, 0.15) is 59.8 Å². The third-order valence-electron chi connectivity index (χ3n) is 8.04. The molecule has 0 saturated carbocycles. The first kappa shape index (κ1) is 27.8. The number of aromatic nitrogens is 3. The van der Waals surface area contributed by atoms with Gasteiger partial charge in [0.25, 0.3) is 0 Å². The molecule has 9 heteroatoms. The third kappa shape index (κ3) is 6.70. The fraction of sp³-hybridized carbons (Fsp3) is 0.484. The first-order chi connectivity index (χ1) is 19.4. The van der Waals surface area contributed by atoms with E-state index >= 15 is 0 Å². The van der Waals surface area contributed by atoms with Crippen LogP contribution in [0.5, 0.6) is 0 Å². The highest BCUT2D eigenvalue weighted by Gasteiger charge is 2.28. The molecule has 212 valence electrons. The molecule has 5 rings (SSSR count). The number of carboxylic acids is 1. The molecule has 0 unspecified atom stereocenters. The summed E-state index contributed by atoms with van der Waals surface area (Å²) in [6, 6.07) is 13.7. The van der Waals surface area contributed by atoms with E-state index in [1.807, 2.05) is 42.8 Å². The van der Waals surface area contributed by atoms with E-state index in [4.69, 9.17) is 4.98 Å². The number of piperidine rings is 1. The van der Waals surface area contributed by atoms with Gasteiger partial charge in [0.05, 0.1) is 23.2 Å². The molecule has 0 aliphatic carbocycles. The van der Waals surface area contributed by atoms with Crippen molar-refractivity contribution in [2.75, 3.05) is 38.0 Å². The van der Waals surface area contributed by atoms with E-state index in [0.29, 0.717) is 12.1 Å². The van der Waals surface area contributed by atoms with Gasteiger partial charge in [0.15, 0.2) is 0 Å². The summed E-state index contributed by atoms with van der Waals surface area (Å²) in [6.07, 6.45) is 5.95. The minimum absolute atomic E-state index is 0.0588. The molecule has 9 nitrogen and oxygen atoms in total. The second kappa shape index (κ2) is 12.6. The van der Waals surface area contributed by atoms with Crippen LogP contribution in [-0.4, -0.2) is 69.4 Å². The number of amides is 1. The molecule has 1 amide bonds. The standard InChI is InChI=1S/C31H40N6O3/c1-21-17-22(2)37(35-21)27-11-3-7-24(18-27)28(31(39)40)19-33-30(38)25-9-5-15-36(20-25)16-6-10-26-13-12-23-8-4-14-32-29(23)34-26/h3,7,11-13,17-18,25,28H,4-6,8-10,14-16,19-20H2,1-2H3,(H,32,34)(H,33,38)(H,39,40)/t25-,28-/m1/s1. The third-order valence-corrected chi connectivity index (χ3v) is 8.04. The summed E-state index contributed by atoms with van der Waals surface area (Å²) in [7, 11) is 0. The van der Waals surface area contributed by atoms with Gasteiger partial charge in [-0.25, -0.2) is 9.67 Å². The van der Waals surface area contributed by atoms with Crippen LogP contribution in [0.4, 0.5) is 5.82 Å². The summed E-state index contributed by atoms with van der Waals surface area (Å²) in [6.45, 7) is 7.56. The number of pyridine rings is 1. The minimum Gasteiger partial charge on any atom is -0.481 e. The molecule has 2 aliphatic rings. The fourth-order valence-electron chi connectivity index (χ4n) is 5.92. The number of hydrogen-bond donors (Lipinski definition) is 3. The Morgan fingerprint density at radius 2 is 2.05 bits per heavy atom. The van der Waals surface area contributed by atoms with E-state index < -0.39 is 11.9 Å². The van der Waals surface area contributed by atoms with E-state index in [-0.39, 0.29) is 18.4 Å². The summed E-state index contributed by atoms with van der Waals surface area (Å²) >= 11 is 0. The Kier molecular flexibility index (Phi) is 8.79. The molecule has 3 aromatic rings. The van der Waals surface area contributed by atoms with Crippen LogP contribution >= 0.6 is 0 Å². The monoisotopic (exact) mass is 544 g/mol. The van der Waals surface area contributed by atoms with Crippen LogP contribution < -0.4 is 10.6 Å². The van der Waals surface area contributed by atoms with Gasteiger partial charge in [0.1, 0.15) is 5.82 Å². The van der Waals surface area contributed by atoms with E-state index in [9.17, 15) is 14.7 Å². The van der Waals surface area contributed by atoms with Gasteiger partial charge >= 0.3 is 5.97 Å². The minimum atomic E-state index is -0.956. The molecule has 2 aliphatic heterocycles. The Hall–Kier alpha value is -3.72. The lowest BCUT2D eigenvalue weighted by atomic mass is 9.95. The first-order valence-electron chi connectivity index (χ1n) is 14.5. The van der Waals surface area contributed by atoms with Crippen LogP contribution in [0, 0.1) is 19.8 Å². The molecule has 40 heavy (non-hydrogen) atoms. The van der Waals surface area contributed by atoms with Gasteiger partial charge < -0.3 is 20.6 Å². The van der Waals surface area contributed by atoms with Crippen molar-refractivity contribution >= 4 is 17.7 Å².